The van der Waals surface area contributed by atoms with Gasteiger partial charge in [-0.2, -0.15) is 26.6 Å². The summed E-state index contributed by atoms with van der Waals surface area (Å²) in [4.78, 5) is 36.4. The normalized spacial score (nSPS) is 24.2. The highest BCUT2D eigenvalue weighted by Crippen LogP contribution is 2.62. The Balaban J connectivity index is 1.72. The molecule has 276 valence electrons. The largest absolute Gasteiger partial charge is 0.523 e. The van der Waals surface area contributed by atoms with Crippen molar-refractivity contribution in [2.75, 3.05) is 5.32 Å². The van der Waals surface area contributed by atoms with Gasteiger partial charge in [0.1, 0.15) is 11.7 Å². The van der Waals surface area contributed by atoms with Gasteiger partial charge >= 0.3 is 15.6 Å². The first-order valence-electron chi connectivity index (χ1n) is 16.4. The molecule has 2 unspecified atom stereocenters. The fourth-order valence-electron chi connectivity index (χ4n) is 6.04. The molecule has 0 radical (unpaired) electrons. The third-order valence-electron chi connectivity index (χ3n) is 9.89. The molecule has 18 heteroatoms. The first-order valence-corrected chi connectivity index (χ1v) is 20.7. The molecule has 0 spiro atoms. The summed E-state index contributed by atoms with van der Waals surface area (Å²) >= 11 is 0. The number of aromatic nitrogens is 4. The van der Waals surface area contributed by atoms with Crippen LogP contribution in [-0.2, 0) is 39.6 Å². The number of fused-ring (bicyclic) bond motifs is 1. The van der Waals surface area contributed by atoms with E-state index in [1.807, 2.05) is 33.9 Å². The molecule has 3 aromatic rings. The van der Waals surface area contributed by atoms with Crippen molar-refractivity contribution in [2.24, 2.45) is 5.92 Å². The molecule has 5 rings (SSSR count). The van der Waals surface area contributed by atoms with Gasteiger partial charge in [0.05, 0.1) is 18.5 Å². The van der Waals surface area contributed by atoms with Crippen LogP contribution in [-0.4, -0.2) is 71.1 Å². The Labute approximate surface area is 289 Å². The number of benzene rings is 1. The van der Waals surface area contributed by atoms with Crippen molar-refractivity contribution in [3.63, 3.8) is 0 Å². The third-order valence-corrected chi connectivity index (χ3v) is 15.4. The summed E-state index contributed by atoms with van der Waals surface area (Å²) in [6.07, 6.45) is -2.92. The van der Waals surface area contributed by atoms with Gasteiger partial charge in [-0.05, 0) is 43.0 Å². The molecule has 50 heavy (non-hydrogen) atoms. The fraction of sp³-hybridized carbons (Fsp3) is 0.625. The molecule has 4 atom stereocenters. The van der Waals surface area contributed by atoms with E-state index in [0.717, 1.165) is 10.9 Å². The molecule has 1 saturated carbocycles. The molecule has 1 aliphatic carbocycles. The fourth-order valence-corrected chi connectivity index (χ4v) is 8.30. The molecule has 1 aromatic carbocycles. The number of carbonyl (C=O) groups is 1. The highest BCUT2D eigenvalue weighted by atomic mass is 32.2. The summed E-state index contributed by atoms with van der Waals surface area (Å²) < 4.78 is 94.2. The Bertz CT molecular complexity index is 1890. The van der Waals surface area contributed by atoms with E-state index in [0.29, 0.717) is 18.4 Å². The second-order valence-corrected chi connectivity index (χ2v) is 21.0. The average molecular weight is 744 g/mol. The van der Waals surface area contributed by atoms with Crippen LogP contribution in [0.25, 0.3) is 11.2 Å². The van der Waals surface area contributed by atoms with Gasteiger partial charge in [-0.3, -0.25) is 28.6 Å². The molecule has 1 amide bonds. The zero-order chi connectivity index (χ0) is 37.1. The van der Waals surface area contributed by atoms with E-state index in [1.54, 1.807) is 51.1 Å². The summed E-state index contributed by atoms with van der Waals surface area (Å²) in [5.41, 5.74) is -8.93. The number of ether oxygens (including phenoxy) is 2. The van der Waals surface area contributed by atoms with E-state index in [9.17, 15) is 31.2 Å². The minimum atomic E-state index is -6.23. The molecule has 3 heterocycles. The first-order chi connectivity index (χ1) is 23.1. The van der Waals surface area contributed by atoms with Gasteiger partial charge < -0.3 is 13.9 Å². The minimum absolute atomic E-state index is 0.125. The number of nitrogens with one attached hydrogen (secondary N) is 2. The van der Waals surface area contributed by atoms with Gasteiger partial charge in [0.25, 0.3) is 5.56 Å². The monoisotopic (exact) mass is 743 g/mol. The number of carbonyl (C=O) groups excluding carboxylic acids is 1. The number of hydrogen-bond donors (Lipinski definition) is 2. The van der Waals surface area contributed by atoms with Gasteiger partial charge in [0, 0.05) is 5.92 Å². The Kier molecular flexibility index (Phi) is 9.98. The highest BCUT2D eigenvalue weighted by molar-refractivity contribution is 7.87. The second-order valence-electron chi connectivity index (χ2n) is 14.7. The SMILES string of the molecule is CC[C@@]1(C2(O[Si](C)(C)C(C)(C)C)CC2)O[C@@H](n2cnc3c(=O)[nH]c(NC(=O)C(C)C)nc32)C(OS(=O)(=O)C(F)(F)F)C1OCc1ccccc1. The summed E-state index contributed by atoms with van der Waals surface area (Å²) in [6, 6.07) is 8.84. The van der Waals surface area contributed by atoms with E-state index >= 15 is 0 Å². The number of aromatic amines is 1. The van der Waals surface area contributed by atoms with E-state index < -0.39 is 71.0 Å². The number of nitrogens with zero attached hydrogens (tertiary/aromatic N) is 3. The van der Waals surface area contributed by atoms with Gasteiger partial charge in [0.2, 0.25) is 11.9 Å². The lowest BCUT2D eigenvalue weighted by molar-refractivity contribution is -0.184. The first kappa shape index (κ1) is 38.1. The van der Waals surface area contributed by atoms with Crippen molar-refractivity contribution < 1.29 is 44.5 Å². The van der Waals surface area contributed by atoms with Gasteiger partial charge in [-0.25, -0.2) is 4.98 Å². The summed E-state index contributed by atoms with van der Waals surface area (Å²) in [5, 5.41) is 2.23. The maximum absolute atomic E-state index is 14.0. The number of anilines is 1. The van der Waals surface area contributed by atoms with E-state index in [4.69, 9.17) is 18.1 Å². The van der Waals surface area contributed by atoms with Crippen LogP contribution in [0.5, 0.6) is 0 Å². The Hall–Kier alpha value is -3.16. The summed E-state index contributed by atoms with van der Waals surface area (Å²) in [6.45, 7) is 15.1. The number of halogens is 3. The molecule has 2 fully saturated rings. The van der Waals surface area contributed by atoms with E-state index in [2.05, 4.69) is 20.3 Å². The van der Waals surface area contributed by atoms with Crippen LogP contribution >= 0.6 is 0 Å². The molecule has 0 bridgehead atoms. The number of amides is 1. The van der Waals surface area contributed by atoms with Gasteiger partial charge in [-0.1, -0.05) is 71.9 Å². The lowest BCUT2D eigenvalue weighted by atomic mass is 9.84. The predicted octanol–water partition coefficient (Wildman–Crippen LogP) is 5.77. The highest BCUT2D eigenvalue weighted by Gasteiger charge is 2.73. The van der Waals surface area contributed by atoms with Crippen LogP contribution in [0.15, 0.2) is 41.5 Å². The number of alkyl halides is 3. The molecular weight excluding hydrogens is 700 g/mol. The number of hydrogen-bond acceptors (Lipinski definition) is 10. The lowest BCUT2D eigenvalue weighted by Gasteiger charge is -2.47. The smallest absolute Gasteiger partial charge is 0.408 e. The molecule has 2 N–H and O–H groups in total. The van der Waals surface area contributed by atoms with Crippen molar-refractivity contribution in [1.29, 1.82) is 0 Å². The molecular formula is C32H44F3N5O8SSi. The summed E-state index contributed by atoms with van der Waals surface area (Å²) in [7, 11) is -8.82. The van der Waals surface area contributed by atoms with E-state index in [-0.39, 0.29) is 35.2 Å². The topological polar surface area (TPSA) is 164 Å². The van der Waals surface area contributed by atoms with Crippen LogP contribution < -0.4 is 10.9 Å². The van der Waals surface area contributed by atoms with E-state index in [1.165, 1.54) is 0 Å². The van der Waals surface area contributed by atoms with Crippen molar-refractivity contribution in [1.82, 2.24) is 19.5 Å². The molecule has 2 aliphatic rings. The van der Waals surface area contributed by atoms with Gasteiger partial charge in [-0.15, -0.1) is 0 Å². The standard InChI is InChI=1S/C32H44F3N5O8SSi/c1-9-31(30(15-16-30)48-50(7,8)29(4,5)6)23(45-17-20-13-11-10-12-14-20)22(47-49(43,44)32(33,34)35)27(46-31)40-18-36-21-24(40)37-28(39-26(21)42)38-25(41)19(2)3/h10-14,18-19,22-23,27H,9,15-17H2,1-8H3,(H2,37,38,39,41,42)/t22?,23?,27-,31-/m1/s1. The van der Waals surface area contributed by atoms with Crippen molar-refractivity contribution in [2.45, 2.75) is 121 Å². The molecule has 13 nitrogen and oxygen atoms in total. The minimum Gasteiger partial charge on any atom is -0.408 e. The van der Waals surface area contributed by atoms with Gasteiger partial charge in [0.15, 0.2) is 31.8 Å². The third kappa shape index (κ3) is 6.89. The average Bonchev–Trinajstić information content (AvgIpc) is 3.54. The predicted molar refractivity (Wildman–Crippen MR) is 180 cm³/mol. The Morgan fingerprint density at radius 2 is 1.82 bits per heavy atom. The van der Waals surface area contributed by atoms with Crippen molar-refractivity contribution >= 4 is 41.5 Å². The van der Waals surface area contributed by atoms with Crippen LogP contribution in [0.4, 0.5) is 19.1 Å². The van der Waals surface area contributed by atoms with Crippen molar-refractivity contribution in [3.8, 4) is 0 Å². The van der Waals surface area contributed by atoms with Crippen molar-refractivity contribution in [3.05, 3.63) is 52.6 Å². The quantitative estimate of drug-likeness (QED) is 0.132. The number of imidazole rings is 1. The molecule has 2 aromatic heterocycles. The zero-order valence-corrected chi connectivity index (χ0v) is 31.1. The molecule has 1 saturated heterocycles. The summed E-state index contributed by atoms with van der Waals surface area (Å²) in [5.74, 6) is -1.20. The molecule has 1 aliphatic heterocycles. The maximum atomic E-state index is 14.0. The van der Waals surface area contributed by atoms with Crippen LogP contribution in [0.1, 0.15) is 72.6 Å². The number of H-pyrrole nitrogens is 1. The number of rotatable bonds is 12. The zero-order valence-electron chi connectivity index (χ0n) is 29.3. The lowest BCUT2D eigenvalue weighted by Crippen LogP contribution is -2.60. The maximum Gasteiger partial charge on any atom is 0.523 e. The Morgan fingerprint density at radius 3 is 2.36 bits per heavy atom. The van der Waals surface area contributed by atoms with Crippen LogP contribution in [0, 0.1) is 5.92 Å². The van der Waals surface area contributed by atoms with Crippen LogP contribution in [0.2, 0.25) is 18.1 Å². The second kappa shape index (κ2) is 13.1. The Morgan fingerprint density at radius 1 is 1.18 bits per heavy atom. The van der Waals surface area contributed by atoms with Crippen LogP contribution in [0.3, 0.4) is 0 Å².